The van der Waals surface area contributed by atoms with E-state index in [4.69, 9.17) is 4.74 Å². The molecule has 3 nitrogen and oxygen atoms in total. The summed E-state index contributed by atoms with van der Waals surface area (Å²) in [6.45, 7) is 7.83. The van der Waals surface area contributed by atoms with Crippen LogP contribution in [0.1, 0.15) is 23.6 Å². The van der Waals surface area contributed by atoms with Crippen molar-refractivity contribution >= 4 is 11.6 Å². The minimum atomic E-state index is -0.551. The molecule has 0 radical (unpaired) electrons. The SMILES string of the molecule is Cc1cc(C)c(C)c(OC(C)C(=O)Nc2ccccc2)c1. The standard InChI is InChI=1S/C18H21NO2/c1-12-10-13(2)14(3)17(11-12)21-15(4)18(20)19-16-8-6-5-7-9-16/h5-11,15H,1-4H3,(H,19,20). The Balaban J connectivity index is 2.07. The Labute approximate surface area is 126 Å². The van der Waals surface area contributed by atoms with Gasteiger partial charge in [0.25, 0.3) is 5.91 Å². The smallest absolute Gasteiger partial charge is 0.265 e. The Morgan fingerprint density at radius 3 is 2.43 bits per heavy atom. The van der Waals surface area contributed by atoms with Crippen molar-refractivity contribution in [1.82, 2.24) is 0 Å². The van der Waals surface area contributed by atoms with Gasteiger partial charge in [-0.05, 0) is 62.6 Å². The molecule has 3 heteroatoms. The molecule has 110 valence electrons. The Morgan fingerprint density at radius 1 is 1.10 bits per heavy atom. The average molecular weight is 283 g/mol. The van der Waals surface area contributed by atoms with E-state index in [1.165, 1.54) is 5.56 Å². The predicted octanol–water partition coefficient (Wildman–Crippen LogP) is 4.02. The number of hydrogen-bond donors (Lipinski definition) is 1. The highest BCUT2D eigenvalue weighted by atomic mass is 16.5. The first-order valence-corrected chi connectivity index (χ1v) is 7.08. The monoisotopic (exact) mass is 283 g/mol. The summed E-state index contributed by atoms with van der Waals surface area (Å²) in [4.78, 5) is 12.2. The fraction of sp³-hybridized carbons (Fsp3) is 0.278. The first-order chi connectivity index (χ1) is 9.97. The Hall–Kier alpha value is -2.29. The lowest BCUT2D eigenvalue weighted by Gasteiger charge is -2.18. The van der Waals surface area contributed by atoms with E-state index in [0.717, 1.165) is 22.6 Å². The molecule has 0 fully saturated rings. The second kappa shape index (κ2) is 6.44. The topological polar surface area (TPSA) is 38.3 Å². The van der Waals surface area contributed by atoms with Gasteiger partial charge in [0.2, 0.25) is 0 Å². The molecular formula is C18H21NO2. The number of hydrogen-bond acceptors (Lipinski definition) is 2. The Bertz CT molecular complexity index is 635. The maximum absolute atomic E-state index is 12.2. The van der Waals surface area contributed by atoms with Gasteiger partial charge in [0.05, 0.1) is 0 Å². The number of carbonyl (C=O) groups excluding carboxylic acids is 1. The maximum Gasteiger partial charge on any atom is 0.265 e. The first-order valence-electron chi connectivity index (χ1n) is 7.08. The van der Waals surface area contributed by atoms with Gasteiger partial charge in [-0.25, -0.2) is 0 Å². The summed E-state index contributed by atoms with van der Waals surface area (Å²) in [5, 5.41) is 2.85. The van der Waals surface area contributed by atoms with Crippen molar-refractivity contribution in [3.8, 4) is 5.75 Å². The lowest BCUT2D eigenvalue weighted by molar-refractivity contribution is -0.122. The van der Waals surface area contributed by atoms with E-state index in [9.17, 15) is 4.79 Å². The van der Waals surface area contributed by atoms with Crippen LogP contribution in [0.5, 0.6) is 5.75 Å². The second-order valence-electron chi connectivity index (χ2n) is 5.32. The molecule has 0 aliphatic carbocycles. The molecule has 0 spiro atoms. The number of amides is 1. The van der Waals surface area contributed by atoms with Gasteiger partial charge in [-0.15, -0.1) is 0 Å². The Kier molecular flexibility index (Phi) is 4.63. The van der Waals surface area contributed by atoms with Gasteiger partial charge < -0.3 is 10.1 Å². The van der Waals surface area contributed by atoms with E-state index in [-0.39, 0.29) is 5.91 Å². The fourth-order valence-corrected chi connectivity index (χ4v) is 2.13. The summed E-state index contributed by atoms with van der Waals surface area (Å²) in [5.74, 6) is 0.614. The zero-order chi connectivity index (χ0) is 15.4. The van der Waals surface area contributed by atoms with Crippen LogP contribution in [0.25, 0.3) is 0 Å². The van der Waals surface area contributed by atoms with Gasteiger partial charge in [-0.1, -0.05) is 24.3 Å². The van der Waals surface area contributed by atoms with Gasteiger partial charge in [0, 0.05) is 5.69 Å². The van der Waals surface area contributed by atoms with Crippen LogP contribution in [0.3, 0.4) is 0 Å². The summed E-state index contributed by atoms with van der Waals surface area (Å²) in [7, 11) is 0. The third-order valence-corrected chi connectivity index (χ3v) is 3.48. The van der Waals surface area contributed by atoms with Crippen molar-refractivity contribution < 1.29 is 9.53 Å². The van der Waals surface area contributed by atoms with Crippen LogP contribution < -0.4 is 10.1 Å². The maximum atomic E-state index is 12.2. The number of para-hydroxylation sites is 1. The molecule has 0 aromatic heterocycles. The molecule has 1 N–H and O–H groups in total. The third kappa shape index (κ3) is 3.85. The second-order valence-corrected chi connectivity index (χ2v) is 5.32. The minimum Gasteiger partial charge on any atom is -0.481 e. The predicted molar refractivity (Wildman–Crippen MR) is 85.8 cm³/mol. The molecule has 0 saturated heterocycles. The van der Waals surface area contributed by atoms with E-state index in [1.54, 1.807) is 6.92 Å². The van der Waals surface area contributed by atoms with Gasteiger partial charge in [-0.3, -0.25) is 4.79 Å². The highest BCUT2D eigenvalue weighted by molar-refractivity contribution is 5.94. The van der Waals surface area contributed by atoms with Crippen molar-refractivity contribution in [3.05, 3.63) is 59.2 Å². The first kappa shape index (κ1) is 15.1. The van der Waals surface area contributed by atoms with Crippen molar-refractivity contribution in [1.29, 1.82) is 0 Å². The largest absolute Gasteiger partial charge is 0.481 e. The lowest BCUT2D eigenvalue weighted by atomic mass is 10.1. The van der Waals surface area contributed by atoms with Crippen molar-refractivity contribution in [2.75, 3.05) is 5.32 Å². The normalized spacial score (nSPS) is 11.8. The van der Waals surface area contributed by atoms with Crippen LogP contribution in [-0.2, 0) is 4.79 Å². The summed E-state index contributed by atoms with van der Waals surface area (Å²) >= 11 is 0. The molecule has 0 bridgehead atoms. The average Bonchev–Trinajstić information content (AvgIpc) is 2.45. The van der Waals surface area contributed by atoms with Gasteiger partial charge in [0.1, 0.15) is 5.75 Å². The molecule has 2 aromatic rings. The summed E-state index contributed by atoms with van der Waals surface area (Å²) in [5.41, 5.74) is 4.14. The molecule has 0 saturated carbocycles. The van der Waals surface area contributed by atoms with E-state index in [1.807, 2.05) is 57.2 Å². The molecule has 1 unspecified atom stereocenters. The quantitative estimate of drug-likeness (QED) is 0.920. The van der Waals surface area contributed by atoms with Gasteiger partial charge >= 0.3 is 0 Å². The van der Waals surface area contributed by atoms with E-state index < -0.39 is 6.10 Å². The van der Waals surface area contributed by atoms with Crippen LogP contribution in [0.15, 0.2) is 42.5 Å². The number of aryl methyl sites for hydroxylation is 2. The zero-order valence-electron chi connectivity index (χ0n) is 12.9. The summed E-state index contributed by atoms with van der Waals surface area (Å²) in [6, 6.07) is 13.5. The summed E-state index contributed by atoms with van der Waals surface area (Å²) in [6.07, 6.45) is -0.551. The fourth-order valence-electron chi connectivity index (χ4n) is 2.13. The number of ether oxygens (including phenoxy) is 1. The molecule has 0 aliphatic heterocycles. The van der Waals surface area contributed by atoms with Crippen molar-refractivity contribution in [2.24, 2.45) is 0 Å². The third-order valence-electron chi connectivity index (χ3n) is 3.48. The number of anilines is 1. The van der Waals surface area contributed by atoms with Crippen molar-refractivity contribution in [3.63, 3.8) is 0 Å². The van der Waals surface area contributed by atoms with Crippen molar-refractivity contribution in [2.45, 2.75) is 33.8 Å². The van der Waals surface area contributed by atoms with E-state index >= 15 is 0 Å². The molecule has 0 heterocycles. The molecule has 2 rings (SSSR count). The van der Waals surface area contributed by atoms with Gasteiger partial charge in [-0.2, -0.15) is 0 Å². The van der Waals surface area contributed by atoms with Crippen LogP contribution in [0.2, 0.25) is 0 Å². The van der Waals surface area contributed by atoms with Crippen LogP contribution in [-0.4, -0.2) is 12.0 Å². The molecule has 0 aliphatic rings. The number of rotatable bonds is 4. The molecule has 1 atom stereocenters. The Morgan fingerprint density at radius 2 is 1.76 bits per heavy atom. The lowest BCUT2D eigenvalue weighted by Crippen LogP contribution is -2.30. The zero-order valence-corrected chi connectivity index (χ0v) is 12.9. The van der Waals surface area contributed by atoms with Crippen LogP contribution in [0, 0.1) is 20.8 Å². The molecule has 2 aromatic carbocycles. The van der Waals surface area contributed by atoms with E-state index in [2.05, 4.69) is 11.4 Å². The van der Waals surface area contributed by atoms with Gasteiger partial charge in [0.15, 0.2) is 6.10 Å². The molecule has 1 amide bonds. The van der Waals surface area contributed by atoms with Crippen LogP contribution in [0.4, 0.5) is 5.69 Å². The summed E-state index contributed by atoms with van der Waals surface area (Å²) < 4.78 is 5.83. The molecule has 21 heavy (non-hydrogen) atoms. The molecular weight excluding hydrogens is 262 g/mol. The number of carbonyl (C=O) groups is 1. The minimum absolute atomic E-state index is 0.153. The number of nitrogens with one attached hydrogen (secondary N) is 1. The highest BCUT2D eigenvalue weighted by Crippen LogP contribution is 2.24. The van der Waals surface area contributed by atoms with E-state index in [0.29, 0.717) is 0 Å². The van der Waals surface area contributed by atoms with Crippen LogP contribution >= 0.6 is 0 Å². The number of benzene rings is 2. The highest BCUT2D eigenvalue weighted by Gasteiger charge is 2.16.